The number of carbonyl (C=O) groups is 1. The molecule has 1 aliphatic heterocycles. The molecule has 21 heavy (non-hydrogen) atoms. The van der Waals surface area contributed by atoms with Gasteiger partial charge in [0.2, 0.25) is 5.75 Å². The number of fused-ring (bicyclic) bond motifs is 1. The summed E-state index contributed by atoms with van der Waals surface area (Å²) in [6.07, 6.45) is 1.24. The van der Waals surface area contributed by atoms with Crippen molar-refractivity contribution in [1.82, 2.24) is 0 Å². The van der Waals surface area contributed by atoms with Gasteiger partial charge in [0.05, 0.1) is 13.2 Å². The van der Waals surface area contributed by atoms with E-state index in [0.29, 0.717) is 24.8 Å². The van der Waals surface area contributed by atoms with Gasteiger partial charge in [-0.2, -0.15) is 0 Å². The highest BCUT2D eigenvalue weighted by Crippen LogP contribution is 2.42. The number of methoxy groups -OCH3 is 1. The van der Waals surface area contributed by atoms with E-state index in [4.69, 9.17) is 9.47 Å². The Morgan fingerprint density at radius 2 is 2.14 bits per heavy atom. The van der Waals surface area contributed by atoms with E-state index in [1.54, 1.807) is 0 Å². The van der Waals surface area contributed by atoms with Crippen LogP contribution in [0.4, 0.5) is 0 Å². The Morgan fingerprint density at radius 3 is 2.76 bits per heavy atom. The molecule has 1 aromatic rings. The van der Waals surface area contributed by atoms with E-state index in [9.17, 15) is 20.1 Å². The van der Waals surface area contributed by atoms with Crippen molar-refractivity contribution >= 4 is 5.97 Å². The molecule has 3 N–H and O–H groups in total. The first kappa shape index (κ1) is 15.4. The predicted octanol–water partition coefficient (Wildman–Crippen LogP) is 1.74. The summed E-state index contributed by atoms with van der Waals surface area (Å²) in [6, 6.07) is 1.52. The molecule has 0 saturated carbocycles. The van der Waals surface area contributed by atoms with Crippen molar-refractivity contribution in [3.8, 4) is 17.2 Å². The van der Waals surface area contributed by atoms with Gasteiger partial charge in [-0.25, -0.2) is 4.79 Å². The highest BCUT2D eigenvalue weighted by atomic mass is 16.5. The van der Waals surface area contributed by atoms with Crippen LogP contribution in [0.5, 0.6) is 17.2 Å². The molecule has 1 aromatic carbocycles. The molecule has 2 rings (SSSR count). The maximum Gasteiger partial charge on any atom is 0.342 e. The molecule has 0 amide bonds. The van der Waals surface area contributed by atoms with E-state index >= 15 is 0 Å². The molecule has 0 aromatic heterocycles. The number of benzene rings is 1. The van der Waals surface area contributed by atoms with E-state index in [1.165, 1.54) is 13.2 Å². The first-order valence-electron chi connectivity index (χ1n) is 6.98. The molecule has 0 unspecified atom stereocenters. The lowest BCUT2D eigenvalue weighted by atomic mass is 9.93. The molecule has 116 valence electrons. The smallest absolute Gasteiger partial charge is 0.342 e. The van der Waals surface area contributed by atoms with Crippen LogP contribution in [0, 0.1) is 0 Å². The Bertz CT molecular complexity index is 539. The second-order valence-corrected chi connectivity index (χ2v) is 5.22. The Balaban J connectivity index is 2.27. The number of esters is 1. The van der Waals surface area contributed by atoms with Gasteiger partial charge in [-0.15, -0.1) is 0 Å². The summed E-state index contributed by atoms with van der Waals surface area (Å²) in [5.74, 6) is -1.59. The molecule has 0 fully saturated rings. The van der Waals surface area contributed by atoms with E-state index in [2.05, 4.69) is 0 Å². The third kappa shape index (κ3) is 3.05. The number of rotatable bonds is 5. The minimum atomic E-state index is -0.694. The SMILES string of the molecule is CCC[C@H](O)C[C@H]1Cc2cc(OC)c(O)c(O)c2C(=O)O1. The number of phenolic OH excluding ortho intramolecular Hbond substituents is 2. The van der Waals surface area contributed by atoms with Gasteiger partial charge in [-0.05, 0) is 18.1 Å². The lowest BCUT2D eigenvalue weighted by Crippen LogP contribution is -2.31. The first-order chi connectivity index (χ1) is 9.97. The number of aliphatic hydroxyl groups is 1. The molecule has 1 aliphatic rings. The highest BCUT2D eigenvalue weighted by Gasteiger charge is 2.33. The number of ether oxygens (including phenoxy) is 2. The lowest BCUT2D eigenvalue weighted by molar-refractivity contribution is 0.00870. The van der Waals surface area contributed by atoms with Crippen LogP contribution in [0.15, 0.2) is 6.07 Å². The predicted molar refractivity (Wildman–Crippen MR) is 74.8 cm³/mol. The summed E-state index contributed by atoms with van der Waals surface area (Å²) in [5, 5.41) is 29.5. The highest BCUT2D eigenvalue weighted by molar-refractivity contribution is 5.96. The standard InChI is InChI=1S/C15H20O6/c1-3-4-9(16)7-10-5-8-6-11(20-2)13(17)14(18)12(8)15(19)21-10/h6,9-10,16-18H,3-5,7H2,1-2H3/t9-,10+/m0/s1. The fourth-order valence-corrected chi connectivity index (χ4v) is 2.61. The quantitative estimate of drug-likeness (QED) is 0.566. The minimum absolute atomic E-state index is 0.0328. The lowest BCUT2D eigenvalue weighted by Gasteiger charge is -2.27. The average molecular weight is 296 g/mol. The van der Waals surface area contributed by atoms with Gasteiger partial charge in [0.15, 0.2) is 11.5 Å². The molecule has 0 spiro atoms. The van der Waals surface area contributed by atoms with Crippen LogP contribution in [0.25, 0.3) is 0 Å². The number of aliphatic hydroxyl groups excluding tert-OH is 1. The van der Waals surface area contributed by atoms with E-state index < -0.39 is 29.7 Å². The van der Waals surface area contributed by atoms with Gasteiger partial charge in [-0.1, -0.05) is 13.3 Å². The maximum absolute atomic E-state index is 12.0. The van der Waals surface area contributed by atoms with E-state index in [0.717, 1.165) is 6.42 Å². The molecular formula is C15H20O6. The summed E-state index contributed by atoms with van der Waals surface area (Å²) in [5.41, 5.74) is 0.515. The van der Waals surface area contributed by atoms with E-state index in [-0.39, 0.29) is 11.3 Å². The molecule has 6 nitrogen and oxygen atoms in total. The summed E-state index contributed by atoms with van der Waals surface area (Å²) in [7, 11) is 1.37. The van der Waals surface area contributed by atoms with Crippen molar-refractivity contribution in [3.63, 3.8) is 0 Å². The monoisotopic (exact) mass is 296 g/mol. The molecular weight excluding hydrogens is 276 g/mol. The van der Waals surface area contributed by atoms with Gasteiger partial charge in [0.25, 0.3) is 0 Å². The van der Waals surface area contributed by atoms with Gasteiger partial charge >= 0.3 is 5.97 Å². The van der Waals surface area contributed by atoms with Crippen LogP contribution in [-0.2, 0) is 11.2 Å². The fourth-order valence-electron chi connectivity index (χ4n) is 2.61. The molecule has 0 saturated heterocycles. The average Bonchev–Trinajstić information content (AvgIpc) is 2.42. The largest absolute Gasteiger partial charge is 0.504 e. The topological polar surface area (TPSA) is 96.2 Å². The van der Waals surface area contributed by atoms with Crippen LogP contribution >= 0.6 is 0 Å². The number of hydrogen-bond acceptors (Lipinski definition) is 6. The Hall–Kier alpha value is -1.95. The molecule has 0 aliphatic carbocycles. The number of aromatic hydroxyl groups is 2. The van der Waals surface area contributed by atoms with Crippen molar-refractivity contribution in [3.05, 3.63) is 17.2 Å². The second kappa shape index (κ2) is 6.22. The summed E-state index contributed by atoms with van der Waals surface area (Å²) in [6.45, 7) is 1.97. The van der Waals surface area contributed by atoms with Gasteiger partial charge in [0, 0.05) is 12.8 Å². The zero-order valence-corrected chi connectivity index (χ0v) is 12.1. The fraction of sp³-hybridized carbons (Fsp3) is 0.533. The summed E-state index contributed by atoms with van der Waals surface area (Å²) in [4.78, 5) is 12.0. The number of cyclic esters (lactones) is 1. The van der Waals surface area contributed by atoms with Crippen molar-refractivity contribution in [2.45, 2.75) is 44.8 Å². The molecule has 0 bridgehead atoms. The van der Waals surface area contributed by atoms with Gasteiger partial charge in [-0.3, -0.25) is 0 Å². The van der Waals surface area contributed by atoms with Crippen molar-refractivity contribution in [2.75, 3.05) is 7.11 Å². The first-order valence-corrected chi connectivity index (χ1v) is 6.98. The summed E-state index contributed by atoms with van der Waals surface area (Å²) >= 11 is 0. The van der Waals surface area contributed by atoms with Crippen LogP contribution < -0.4 is 4.74 Å². The molecule has 2 atom stereocenters. The normalized spacial score (nSPS) is 18.8. The van der Waals surface area contributed by atoms with Gasteiger partial charge < -0.3 is 24.8 Å². The number of hydrogen-bond donors (Lipinski definition) is 3. The zero-order chi connectivity index (χ0) is 15.6. The van der Waals surface area contributed by atoms with Crippen molar-refractivity contribution in [1.29, 1.82) is 0 Å². The minimum Gasteiger partial charge on any atom is -0.504 e. The second-order valence-electron chi connectivity index (χ2n) is 5.22. The van der Waals surface area contributed by atoms with Crippen molar-refractivity contribution < 1.29 is 29.6 Å². The van der Waals surface area contributed by atoms with E-state index in [1.807, 2.05) is 6.92 Å². The van der Waals surface area contributed by atoms with Gasteiger partial charge in [0.1, 0.15) is 11.7 Å². The third-order valence-corrected chi connectivity index (χ3v) is 3.62. The molecule has 0 radical (unpaired) electrons. The van der Waals surface area contributed by atoms with Crippen LogP contribution in [-0.4, -0.2) is 40.6 Å². The van der Waals surface area contributed by atoms with Crippen LogP contribution in [0.2, 0.25) is 0 Å². The number of phenols is 2. The van der Waals surface area contributed by atoms with Crippen LogP contribution in [0.3, 0.4) is 0 Å². The maximum atomic E-state index is 12.0. The third-order valence-electron chi connectivity index (χ3n) is 3.62. The number of carbonyl (C=O) groups excluding carboxylic acids is 1. The van der Waals surface area contributed by atoms with Crippen LogP contribution in [0.1, 0.15) is 42.1 Å². The Morgan fingerprint density at radius 1 is 1.43 bits per heavy atom. The summed E-state index contributed by atoms with van der Waals surface area (Å²) < 4.78 is 10.2. The molecule has 6 heteroatoms. The Labute approximate surface area is 122 Å². The molecule has 1 heterocycles. The zero-order valence-electron chi connectivity index (χ0n) is 12.1. The Kier molecular flexibility index (Phi) is 4.57. The van der Waals surface area contributed by atoms with Crippen molar-refractivity contribution in [2.24, 2.45) is 0 Å².